The topological polar surface area (TPSA) is 0 Å². The zero-order valence-electron chi connectivity index (χ0n) is 10.1. The maximum Gasteiger partial charge on any atom is -0.0184 e. The van der Waals surface area contributed by atoms with E-state index in [2.05, 4.69) is 72.8 Å². The van der Waals surface area contributed by atoms with Crippen LogP contribution in [0.3, 0.4) is 0 Å². The minimum atomic E-state index is 1.26. The van der Waals surface area contributed by atoms with Crippen molar-refractivity contribution in [1.29, 1.82) is 0 Å². The van der Waals surface area contributed by atoms with Gasteiger partial charge in [0.15, 0.2) is 0 Å². The van der Waals surface area contributed by atoms with Gasteiger partial charge < -0.3 is 0 Å². The summed E-state index contributed by atoms with van der Waals surface area (Å²) < 4.78 is 0. The van der Waals surface area contributed by atoms with Gasteiger partial charge >= 0.3 is 0 Å². The SMILES string of the molecule is c1ccc(-[13c]2[13cH][13cH][13c](-c3ccccc3)[13cH][13cH]2)cc1. The molecule has 0 saturated heterocycles. The maximum atomic E-state index is 2.18. The van der Waals surface area contributed by atoms with Crippen LogP contribution in [-0.2, 0) is 0 Å². The number of benzene rings is 3. The molecule has 0 saturated carbocycles. The first-order chi connectivity index (χ1) is 8.93. The van der Waals surface area contributed by atoms with E-state index in [1.165, 1.54) is 22.3 Å². The van der Waals surface area contributed by atoms with Crippen LogP contribution in [0.15, 0.2) is 84.9 Å². The molecule has 18 heavy (non-hydrogen) atoms. The predicted molar refractivity (Wildman–Crippen MR) is 77.3 cm³/mol. The molecule has 0 heterocycles. The van der Waals surface area contributed by atoms with E-state index in [-0.39, 0.29) is 0 Å². The molecule has 3 aromatic carbocycles. The van der Waals surface area contributed by atoms with Gasteiger partial charge in [0.05, 0.1) is 0 Å². The van der Waals surface area contributed by atoms with Crippen LogP contribution in [0, 0.1) is 0 Å². The molecule has 0 aliphatic heterocycles. The lowest BCUT2D eigenvalue weighted by Crippen LogP contribution is -1.79. The zero-order valence-corrected chi connectivity index (χ0v) is 10.1. The Labute approximate surface area is 108 Å². The molecule has 3 rings (SSSR count). The number of hydrogen-bond acceptors (Lipinski definition) is 0. The lowest BCUT2D eigenvalue weighted by Gasteiger charge is -2.04. The Kier molecular flexibility index (Phi) is 2.93. The fourth-order valence-electron chi connectivity index (χ4n) is 2.12. The Balaban J connectivity index is 1.95. The third kappa shape index (κ3) is 2.18. The van der Waals surface area contributed by atoms with E-state index in [1.807, 2.05) is 12.1 Å². The third-order valence-electron chi connectivity index (χ3n) is 3.10. The Morgan fingerprint density at radius 1 is 0.278 bits per heavy atom. The van der Waals surface area contributed by atoms with Crippen molar-refractivity contribution in [3.63, 3.8) is 0 Å². The first kappa shape index (κ1) is 10.8. The van der Waals surface area contributed by atoms with Gasteiger partial charge in [-0.3, -0.25) is 0 Å². The fourth-order valence-corrected chi connectivity index (χ4v) is 2.12. The predicted octanol–water partition coefficient (Wildman–Crippen LogP) is 5.02. The summed E-state index contributed by atoms with van der Waals surface area (Å²) in [5.74, 6) is 0. The molecule has 0 aromatic heterocycles. The fraction of sp³-hybridized carbons (Fsp3) is 0. The van der Waals surface area contributed by atoms with E-state index in [9.17, 15) is 0 Å². The molecule has 0 aliphatic rings. The van der Waals surface area contributed by atoms with Crippen LogP contribution in [0.2, 0.25) is 0 Å². The Hall–Kier alpha value is -2.34. The van der Waals surface area contributed by atoms with Crippen molar-refractivity contribution in [3.05, 3.63) is 84.9 Å². The van der Waals surface area contributed by atoms with E-state index in [0.29, 0.717) is 0 Å². The molecular formula is C18H14. The number of hydrogen-bond donors (Lipinski definition) is 0. The molecule has 0 nitrogen and oxygen atoms in total. The van der Waals surface area contributed by atoms with Crippen LogP contribution in [0.1, 0.15) is 0 Å². The van der Waals surface area contributed by atoms with Crippen LogP contribution in [-0.4, -0.2) is 0 Å². The summed E-state index contributed by atoms with van der Waals surface area (Å²) in [5, 5.41) is 0. The largest absolute Gasteiger partial charge is 0.0622 e. The standard InChI is InChI=1S/C18H14/c1-3-7-15(8-4-1)17-11-13-18(14-12-17)16-9-5-2-6-10-16/h1-14H/i11+1,12+1,13+1,14+1,17+1,18+1. The monoisotopic (exact) mass is 236 g/mol. The van der Waals surface area contributed by atoms with Crippen molar-refractivity contribution >= 4 is 0 Å². The maximum absolute atomic E-state index is 2.18. The second kappa shape index (κ2) is 4.89. The Morgan fingerprint density at radius 2 is 0.556 bits per heavy atom. The van der Waals surface area contributed by atoms with Gasteiger partial charge in [-0.05, 0) is 22.3 Å². The summed E-state index contributed by atoms with van der Waals surface area (Å²) in [4.78, 5) is 0. The van der Waals surface area contributed by atoms with Crippen molar-refractivity contribution in [3.8, 4) is 22.3 Å². The molecule has 0 heteroatoms. The zero-order chi connectivity index (χ0) is 12.2. The van der Waals surface area contributed by atoms with Gasteiger partial charge in [-0.1, -0.05) is 84.9 Å². The van der Waals surface area contributed by atoms with Crippen LogP contribution in [0.5, 0.6) is 0 Å². The molecule has 0 spiro atoms. The second-order valence-electron chi connectivity index (χ2n) is 4.31. The molecule has 0 aliphatic carbocycles. The van der Waals surface area contributed by atoms with Crippen LogP contribution >= 0.6 is 0 Å². The van der Waals surface area contributed by atoms with Crippen molar-refractivity contribution in [2.45, 2.75) is 0 Å². The van der Waals surface area contributed by atoms with Crippen molar-refractivity contribution in [1.82, 2.24) is 0 Å². The van der Waals surface area contributed by atoms with E-state index >= 15 is 0 Å². The van der Waals surface area contributed by atoms with E-state index < -0.39 is 0 Å². The summed E-state index contributed by atoms with van der Waals surface area (Å²) in [5.41, 5.74) is 5.04. The second-order valence-corrected chi connectivity index (χ2v) is 4.31. The Morgan fingerprint density at radius 3 is 0.889 bits per heavy atom. The highest BCUT2D eigenvalue weighted by Crippen LogP contribution is 2.24. The Bertz CT molecular complexity index is 549. The third-order valence-corrected chi connectivity index (χ3v) is 3.10. The van der Waals surface area contributed by atoms with Gasteiger partial charge in [-0.2, -0.15) is 0 Å². The van der Waals surface area contributed by atoms with Crippen LogP contribution < -0.4 is 0 Å². The van der Waals surface area contributed by atoms with E-state index in [1.54, 1.807) is 0 Å². The van der Waals surface area contributed by atoms with Gasteiger partial charge in [-0.25, -0.2) is 0 Å². The van der Waals surface area contributed by atoms with E-state index in [0.717, 1.165) is 0 Å². The van der Waals surface area contributed by atoms with Gasteiger partial charge in [0.25, 0.3) is 0 Å². The van der Waals surface area contributed by atoms with Gasteiger partial charge in [0.1, 0.15) is 0 Å². The van der Waals surface area contributed by atoms with Crippen molar-refractivity contribution in [2.75, 3.05) is 0 Å². The summed E-state index contributed by atoms with van der Waals surface area (Å²) >= 11 is 0. The molecule has 3 aromatic rings. The summed E-state index contributed by atoms with van der Waals surface area (Å²) in [6, 6.07) is 29.6. The van der Waals surface area contributed by atoms with Gasteiger partial charge in [0, 0.05) is 0 Å². The van der Waals surface area contributed by atoms with Gasteiger partial charge in [-0.15, -0.1) is 0 Å². The molecule has 0 amide bonds. The lowest BCUT2D eigenvalue weighted by atomic mass is 10.3. The molecule has 0 radical (unpaired) electrons. The minimum absolute atomic E-state index is 1.26. The average Bonchev–Trinajstić information content (AvgIpc) is 2.49. The molecule has 0 fully saturated rings. The molecule has 0 N–H and O–H groups in total. The van der Waals surface area contributed by atoms with Gasteiger partial charge in [0.2, 0.25) is 0 Å². The smallest absolute Gasteiger partial charge is 0.0184 e. The highest BCUT2D eigenvalue weighted by Gasteiger charge is 1.98. The van der Waals surface area contributed by atoms with Crippen molar-refractivity contribution in [2.24, 2.45) is 0 Å². The first-order valence-electron chi connectivity index (χ1n) is 6.14. The minimum Gasteiger partial charge on any atom is -0.0622 e. The molecule has 0 unspecified atom stereocenters. The molecular weight excluding hydrogens is 222 g/mol. The normalized spacial score (nSPS) is 10.2. The number of rotatable bonds is 2. The first-order valence-corrected chi connectivity index (χ1v) is 6.14. The van der Waals surface area contributed by atoms with E-state index in [4.69, 9.17) is 0 Å². The van der Waals surface area contributed by atoms with Crippen molar-refractivity contribution < 1.29 is 0 Å². The highest BCUT2D eigenvalue weighted by molar-refractivity contribution is 5.70. The lowest BCUT2D eigenvalue weighted by molar-refractivity contribution is 1.59. The highest BCUT2D eigenvalue weighted by atomic mass is 14.8. The quantitative estimate of drug-likeness (QED) is 0.586. The average molecular weight is 236 g/mol. The molecule has 86 valence electrons. The van der Waals surface area contributed by atoms with Crippen LogP contribution in [0.4, 0.5) is 0 Å². The molecule has 0 atom stereocenters. The summed E-state index contributed by atoms with van der Waals surface area (Å²) in [6.45, 7) is 0. The summed E-state index contributed by atoms with van der Waals surface area (Å²) in [7, 11) is 0. The van der Waals surface area contributed by atoms with Crippen LogP contribution in [0.25, 0.3) is 22.3 Å². The summed E-state index contributed by atoms with van der Waals surface area (Å²) in [6.07, 6.45) is 0. The molecule has 0 bridgehead atoms.